The van der Waals surface area contributed by atoms with Crippen molar-refractivity contribution in [2.75, 3.05) is 0 Å². The van der Waals surface area contributed by atoms with E-state index < -0.39 is 50.0 Å². The van der Waals surface area contributed by atoms with Crippen molar-refractivity contribution in [2.24, 2.45) is 5.92 Å². The van der Waals surface area contributed by atoms with E-state index >= 15 is 0 Å². The van der Waals surface area contributed by atoms with Crippen LogP contribution in [0.25, 0.3) is 30.2 Å². The first-order valence-corrected chi connectivity index (χ1v) is 51.2. The molecular weight excluding hydrogens is 1070 g/mol. The topological polar surface area (TPSA) is 41.9 Å². The first-order valence-electron chi connectivity index (χ1n) is 21.7. The SMILES string of the molecule is CCCCC(CC)Cn1c2cc(B3OC(C)(C)C(C)(C)O3)sc2c2sc(B3OC(C)(C)C(C)(C)O3)cc21.[CH3][Ge]1([CH3])[c]2c[c]([Sn]([CH3])([CH3])[CH3])sc2-c2s[c]([Sn]([CH3])([CH3])[CH3])c[c]21. The van der Waals surface area contributed by atoms with Gasteiger partial charge in [-0.05, 0) is 79.9 Å². The van der Waals surface area contributed by atoms with E-state index in [1.807, 2.05) is 22.7 Å². The molecule has 0 amide bonds. The van der Waals surface area contributed by atoms with Crippen molar-refractivity contribution in [1.82, 2.24) is 4.57 Å². The summed E-state index contributed by atoms with van der Waals surface area (Å²) in [5, 5.41) is 0. The van der Waals surface area contributed by atoms with Crippen LogP contribution < -0.4 is 24.1 Å². The van der Waals surface area contributed by atoms with Crippen LogP contribution in [0.3, 0.4) is 0 Å². The number of unbranched alkanes of at least 4 members (excludes halogenated alkanes) is 1. The van der Waals surface area contributed by atoms with Crippen molar-refractivity contribution in [3.05, 3.63) is 24.3 Å². The molecule has 2 saturated heterocycles. The maximum absolute atomic E-state index is 6.43. The molecule has 8 heterocycles. The summed E-state index contributed by atoms with van der Waals surface area (Å²) >= 11 is 2.14. The van der Waals surface area contributed by atoms with Crippen molar-refractivity contribution >= 4 is 154 Å². The number of rotatable bonds is 10. The van der Waals surface area contributed by atoms with Crippen molar-refractivity contribution in [2.45, 2.75) is 165 Å². The van der Waals surface area contributed by atoms with Gasteiger partial charge in [-0.15, -0.1) is 22.7 Å². The number of nitrogens with zero attached hydrogens (tertiary/aromatic N) is 1. The Morgan fingerprint density at radius 3 is 1.33 bits per heavy atom. The van der Waals surface area contributed by atoms with Gasteiger partial charge in [0, 0.05) is 16.1 Å². The number of hydrogen-bond donors (Lipinski definition) is 0. The Labute approximate surface area is 378 Å². The van der Waals surface area contributed by atoms with Crippen molar-refractivity contribution in [1.29, 1.82) is 0 Å². The zero-order valence-corrected chi connectivity index (χ0v) is 49.9. The van der Waals surface area contributed by atoms with Gasteiger partial charge in [0.25, 0.3) is 0 Å². The molecule has 8 rings (SSSR count). The first-order chi connectivity index (χ1) is 26.6. The molecule has 0 bridgehead atoms. The monoisotopic (exact) mass is 1140 g/mol. The number of fused-ring (bicyclic) bond motifs is 6. The summed E-state index contributed by atoms with van der Waals surface area (Å²) < 4.78 is 40.4. The van der Waals surface area contributed by atoms with Gasteiger partial charge in [-0.1, -0.05) is 33.1 Å². The van der Waals surface area contributed by atoms with Crippen LogP contribution >= 0.6 is 45.3 Å². The predicted molar refractivity (Wildman–Crippen MR) is 270 cm³/mol. The molecule has 0 saturated carbocycles. The van der Waals surface area contributed by atoms with Crippen molar-refractivity contribution < 1.29 is 18.6 Å². The summed E-state index contributed by atoms with van der Waals surface area (Å²) in [7, 11) is -0.675. The molecule has 5 aromatic heterocycles. The molecule has 0 radical (unpaired) electrons. The van der Waals surface area contributed by atoms with Gasteiger partial charge in [0.05, 0.1) is 42.8 Å². The third-order valence-electron chi connectivity index (χ3n) is 13.7. The Kier molecular flexibility index (Phi) is 12.9. The van der Waals surface area contributed by atoms with Gasteiger partial charge in [0.1, 0.15) is 0 Å². The van der Waals surface area contributed by atoms with Gasteiger partial charge in [0.2, 0.25) is 0 Å². The molecule has 2 fully saturated rings. The Balaban J connectivity index is 0.000000206. The standard InChI is InChI=1S/C28H43B2NO4S2.C10H8GeS2.6CH3.2Sn/c1-11-13-14-18(12-2)17-31-19-15-21(29-32-25(3,4)26(5,6)33-29)36-23(19)24-20(31)16-22(37-24)30-34-27(7,8)28(9,10)35-30;1-11(2)7-3-5-12-9(7)10-8(11)4-6-13-10;;;;;;;;/h15-16,18H,11-14,17H2,1-10H3;3-4H,1-2H3;6*1H3;;. The van der Waals surface area contributed by atoms with Crippen LogP contribution in [0, 0.1) is 5.92 Å². The molecule has 0 aromatic carbocycles. The minimum absolute atomic E-state index is 0.338. The van der Waals surface area contributed by atoms with E-state index in [4.69, 9.17) is 18.6 Å². The Morgan fingerprint density at radius 2 is 1.00 bits per heavy atom. The molecule has 1 unspecified atom stereocenters. The average molecular weight is 1140 g/mol. The molecule has 316 valence electrons. The van der Waals surface area contributed by atoms with E-state index in [9.17, 15) is 0 Å². The molecule has 58 heavy (non-hydrogen) atoms. The van der Waals surface area contributed by atoms with Crippen molar-refractivity contribution in [3.8, 4) is 9.75 Å². The van der Waals surface area contributed by atoms with E-state index in [2.05, 4.69) is 162 Å². The zero-order valence-electron chi connectivity index (χ0n) is 38.8. The van der Waals surface area contributed by atoms with Crippen LogP contribution in [0.2, 0.25) is 41.2 Å². The maximum atomic E-state index is 6.43. The van der Waals surface area contributed by atoms with Gasteiger partial charge in [-0.2, -0.15) is 0 Å². The molecule has 0 N–H and O–H groups in total. The fraction of sp³-hybridized carbons (Fsp3) is 0.636. The van der Waals surface area contributed by atoms with Crippen LogP contribution in [0.4, 0.5) is 0 Å². The summed E-state index contributed by atoms with van der Waals surface area (Å²) in [6.07, 6.45) is 4.96. The second-order valence-electron chi connectivity index (χ2n) is 21.8. The first kappa shape index (κ1) is 46.7. The van der Waals surface area contributed by atoms with Gasteiger partial charge >= 0.3 is 165 Å². The molecule has 1 atom stereocenters. The van der Waals surface area contributed by atoms with Gasteiger partial charge in [0.15, 0.2) is 0 Å². The van der Waals surface area contributed by atoms with Crippen LogP contribution in [0.5, 0.6) is 0 Å². The summed E-state index contributed by atoms with van der Waals surface area (Å²) in [6.45, 7) is 22.6. The summed E-state index contributed by atoms with van der Waals surface area (Å²) in [5.74, 6) is 5.89. The van der Waals surface area contributed by atoms with E-state index in [1.54, 1.807) is 24.3 Å². The van der Waals surface area contributed by atoms with Crippen molar-refractivity contribution in [3.63, 3.8) is 0 Å². The molecular formula is C44H69B2GeNO4S4Sn2. The molecule has 3 aliphatic rings. The molecule has 0 spiro atoms. The van der Waals surface area contributed by atoms with E-state index in [1.165, 1.54) is 46.1 Å². The number of aromatic nitrogens is 1. The third-order valence-corrected chi connectivity index (χ3v) is 45.5. The second kappa shape index (κ2) is 16.0. The second-order valence-corrected chi connectivity index (χ2v) is 65.9. The van der Waals surface area contributed by atoms with Crippen LogP contribution in [0.1, 0.15) is 94.9 Å². The fourth-order valence-electron chi connectivity index (χ4n) is 8.11. The minimum atomic E-state index is -1.98. The number of thiophene rings is 4. The van der Waals surface area contributed by atoms with Crippen LogP contribution in [-0.4, -0.2) is 91.2 Å². The summed E-state index contributed by atoms with van der Waals surface area (Å²) in [4.78, 5) is 18.7. The van der Waals surface area contributed by atoms with Crippen LogP contribution in [0.15, 0.2) is 24.3 Å². The molecule has 5 nitrogen and oxygen atoms in total. The quantitative estimate of drug-likeness (QED) is 0.131. The fourth-order valence-corrected chi connectivity index (χ4v) is 34.7. The van der Waals surface area contributed by atoms with E-state index in [0.29, 0.717) is 5.92 Å². The van der Waals surface area contributed by atoms with E-state index in [-0.39, 0.29) is 36.6 Å². The summed E-state index contributed by atoms with van der Waals surface area (Å²) in [6, 6.07) is 9.94. The Morgan fingerprint density at radius 1 is 0.621 bits per heavy atom. The normalized spacial score (nSPS) is 20.9. The molecule has 3 aliphatic heterocycles. The zero-order chi connectivity index (χ0) is 42.8. The average Bonchev–Trinajstić information content (AvgIpc) is 3.93. The Hall–Kier alpha value is 0.710. The Bertz CT molecular complexity index is 2140. The number of hydrogen-bond acceptors (Lipinski definition) is 8. The summed E-state index contributed by atoms with van der Waals surface area (Å²) in [5.41, 5.74) is 1.20. The molecule has 0 aliphatic carbocycles. The van der Waals surface area contributed by atoms with Gasteiger partial charge < -0.3 is 23.2 Å². The van der Waals surface area contributed by atoms with Crippen LogP contribution in [-0.2, 0) is 25.2 Å². The van der Waals surface area contributed by atoms with Gasteiger partial charge in [-0.25, -0.2) is 0 Å². The van der Waals surface area contributed by atoms with Gasteiger partial charge in [-0.3, -0.25) is 0 Å². The molecule has 5 aromatic rings. The van der Waals surface area contributed by atoms with E-state index in [0.717, 1.165) is 16.1 Å². The predicted octanol–water partition coefficient (Wildman–Crippen LogP) is 10.4. The third kappa shape index (κ3) is 8.40. The molecule has 14 heteroatoms.